The van der Waals surface area contributed by atoms with Crippen molar-refractivity contribution in [3.05, 3.63) is 59.4 Å². The molecule has 0 saturated heterocycles. The molecule has 188 valence electrons. The van der Waals surface area contributed by atoms with E-state index in [-0.39, 0.29) is 30.0 Å². The summed E-state index contributed by atoms with van der Waals surface area (Å²) in [7, 11) is 0. The molecule has 0 spiro atoms. The molecule has 8 nitrogen and oxygen atoms in total. The van der Waals surface area contributed by atoms with Gasteiger partial charge in [0.2, 0.25) is 0 Å². The van der Waals surface area contributed by atoms with Crippen LogP contribution in [-0.2, 0) is 12.4 Å². The summed E-state index contributed by atoms with van der Waals surface area (Å²) in [5, 5.41) is 6.06. The van der Waals surface area contributed by atoms with Crippen molar-refractivity contribution in [2.45, 2.75) is 31.7 Å². The van der Waals surface area contributed by atoms with Gasteiger partial charge in [-0.1, -0.05) is 0 Å². The molecule has 0 aliphatic carbocycles. The minimum absolute atomic E-state index is 0.117. The maximum atomic E-state index is 13.0. The standard InChI is InChI=1S/C18H11F9N6O2/c1-8(13-30-7-33(32-13)15-28-5-12(6-29-15)35-18(25,26)27)31-14(34)9-2-10(16(19,20)21)4-11(3-9)17(22,23)24/h2-8H,1H3,(H,31,34)/t8-/m0/s1. The summed E-state index contributed by atoms with van der Waals surface area (Å²) in [5.41, 5.74) is -4.23. The summed E-state index contributed by atoms with van der Waals surface area (Å²) in [6, 6.07) is -0.696. The fourth-order valence-corrected chi connectivity index (χ4v) is 2.62. The number of hydrogen-bond acceptors (Lipinski definition) is 6. The molecule has 1 aromatic carbocycles. The van der Waals surface area contributed by atoms with Crippen molar-refractivity contribution in [3.63, 3.8) is 0 Å². The van der Waals surface area contributed by atoms with E-state index >= 15 is 0 Å². The summed E-state index contributed by atoms with van der Waals surface area (Å²) in [4.78, 5) is 23.4. The second-order valence-electron chi connectivity index (χ2n) is 6.80. The van der Waals surface area contributed by atoms with Crippen LogP contribution in [0.2, 0.25) is 0 Å². The van der Waals surface area contributed by atoms with Crippen LogP contribution in [0.15, 0.2) is 36.9 Å². The molecule has 0 unspecified atom stereocenters. The third-order valence-corrected chi connectivity index (χ3v) is 4.15. The summed E-state index contributed by atoms with van der Waals surface area (Å²) in [5.74, 6) is -2.37. The Labute approximate surface area is 188 Å². The number of amides is 1. The molecule has 0 radical (unpaired) electrons. The molecule has 3 aromatic rings. The monoisotopic (exact) mass is 514 g/mol. The van der Waals surface area contributed by atoms with Crippen LogP contribution in [0.25, 0.3) is 5.95 Å². The predicted molar refractivity (Wildman–Crippen MR) is 96.0 cm³/mol. The first-order chi connectivity index (χ1) is 16.0. The van der Waals surface area contributed by atoms with Crippen LogP contribution in [0.5, 0.6) is 5.75 Å². The molecule has 2 heterocycles. The highest BCUT2D eigenvalue weighted by Gasteiger charge is 2.37. The van der Waals surface area contributed by atoms with Crippen molar-refractivity contribution in [3.8, 4) is 11.7 Å². The second-order valence-corrected chi connectivity index (χ2v) is 6.80. The van der Waals surface area contributed by atoms with Gasteiger partial charge in [0.05, 0.1) is 29.6 Å². The molecule has 35 heavy (non-hydrogen) atoms. The fraction of sp³-hybridized carbons (Fsp3) is 0.278. The normalized spacial score (nSPS) is 13.4. The van der Waals surface area contributed by atoms with Crippen molar-refractivity contribution in [2.75, 3.05) is 0 Å². The number of alkyl halides is 9. The smallest absolute Gasteiger partial charge is 0.402 e. The zero-order valence-corrected chi connectivity index (χ0v) is 17.0. The molecule has 3 rings (SSSR count). The first kappa shape index (κ1) is 25.7. The fourth-order valence-electron chi connectivity index (χ4n) is 2.62. The average Bonchev–Trinajstić information content (AvgIpc) is 3.22. The summed E-state index contributed by atoms with van der Waals surface area (Å²) in [6.45, 7) is 1.29. The molecule has 0 aliphatic rings. The SMILES string of the molecule is C[C@H](NC(=O)c1cc(C(F)(F)F)cc(C(F)(F)F)c1)c1ncn(-c2ncc(OC(F)(F)F)cn2)n1. The van der Waals surface area contributed by atoms with Gasteiger partial charge in [-0.3, -0.25) is 4.79 Å². The Balaban J connectivity index is 1.78. The van der Waals surface area contributed by atoms with Gasteiger partial charge < -0.3 is 10.1 Å². The number of benzene rings is 1. The molecule has 0 saturated carbocycles. The van der Waals surface area contributed by atoms with E-state index in [1.807, 2.05) is 0 Å². The summed E-state index contributed by atoms with van der Waals surface area (Å²) in [6.07, 6.45) is -12.8. The molecule has 0 aliphatic heterocycles. The lowest BCUT2D eigenvalue weighted by Gasteiger charge is -2.15. The van der Waals surface area contributed by atoms with Crippen LogP contribution in [0.4, 0.5) is 39.5 Å². The van der Waals surface area contributed by atoms with E-state index in [9.17, 15) is 44.3 Å². The first-order valence-corrected chi connectivity index (χ1v) is 9.13. The zero-order valence-electron chi connectivity index (χ0n) is 17.0. The van der Waals surface area contributed by atoms with Crippen molar-refractivity contribution in [1.29, 1.82) is 0 Å². The highest BCUT2D eigenvalue weighted by molar-refractivity contribution is 5.94. The van der Waals surface area contributed by atoms with Gasteiger partial charge in [0.25, 0.3) is 11.9 Å². The predicted octanol–water partition coefficient (Wildman–Crippen LogP) is 4.48. The number of carbonyl (C=O) groups is 1. The molecule has 1 N–H and O–H groups in total. The highest BCUT2D eigenvalue weighted by Crippen LogP contribution is 2.36. The van der Waals surface area contributed by atoms with Gasteiger partial charge in [-0.15, -0.1) is 18.3 Å². The van der Waals surface area contributed by atoms with Crippen molar-refractivity contribution < 1.29 is 49.0 Å². The number of nitrogens with one attached hydrogen (secondary N) is 1. The Morgan fingerprint density at radius 1 is 0.914 bits per heavy atom. The van der Waals surface area contributed by atoms with E-state index in [0.29, 0.717) is 12.4 Å². The van der Waals surface area contributed by atoms with Gasteiger partial charge >= 0.3 is 18.7 Å². The Kier molecular flexibility index (Phi) is 6.63. The second kappa shape index (κ2) is 9.03. The highest BCUT2D eigenvalue weighted by atomic mass is 19.4. The summed E-state index contributed by atoms with van der Waals surface area (Å²) >= 11 is 0. The van der Waals surface area contributed by atoms with E-state index in [1.54, 1.807) is 0 Å². The number of carbonyl (C=O) groups excluding carboxylic acids is 1. The van der Waals surface area contributed by atoms with E-state index in [1.165, 1.54) is 6.92 Å². The van der Waals surface area contributed by atoms with Gasteiger partial charge in [-0.25, -0.2) is 15.0 Å². The maximum Gasteiger partial charge on any atom is 0.573 e. The van der Waals surface area contributed by atoms with Crippen molar-refractivity contribution in [2.24, 2.45) is 0 Å². The van der Waals surface area contributed by atoms with Gasteiger partial charge in [-0.05, 0) is 25.1 Å². The minimum atomic E-state index is -5.14. The number of nitrogens with zero attached hydrogens (tertiary/aromatic N) is 5. The number of aromatic nitrogens is 5. The quantitative estimate of drug-likeness (QED) is 0.505. The molecule has 17 heteroatoms. The van der Waals surface area contributed by atoms with Crippen LogP contribution in [0.1, 0.15) is 40.3 Å². The lowest BCUT2D eigenvalue weighted by molar-refractivity contribution is -0.274. The zero-order chi connectivity index (χ0) is 26.2. The van der Waals surface area contributed by atoms with Gasteiger partial charge in [0.1, 0.15) is 6.33 Å². The number of rotatable bonds is 5. The van der Waals surface area contributed by atoms with Crippen molar-refractivity contribution >= 4 is 5.91 Å². The topological polar surface area (TPSA) is 94.8 Å². The molecule has 2 aromatic heterocycles. The number of hydrogen-bond donors (Lipinski definition) is 1. The van der Waals surface area contributed by atoms with Crippen LogP contribution in [-0.4, -0.2) is 37.0 Å². The molecule has 1 amide bonds. The Hall–Kier alpha value is -3.92. The van der Waals surface area contributed by atoms with Crippen LogP contribution < -0.4 is 10.1 Å². The van der Waals surface area contributed by atoms with Crippen LogP contribution >= 0.6 is 0 Å². The largest absolute Gasteiger partial charge is 0.573 e. The summed E-state index contributed by atoms with van der Waals surface area (Å²) < 4.78 is 119. The first-order valence-electron chi connectivity index (χ1n) is 9.13. The van der Waals surface area contributed by atoms with Crippen LogP contribution in [0, 0.1) is 0 Å². The molecular weight excluding hydrogens is 503 g/mol. The maximum absolute atomic E-state index is 13.0. The Morgan fingerprint density at radius 2 is 1.46 bits per heavy atom. The van der Waals surface area contributed by atoms with Crippen molar-refractivity contribution in [1.82, 2.24) is 30.0 Å². The van der Waals surface area contributed by atoms with Gasteiger partial charge in [0, 0.05) is 5.56 Å². The lowest BCUT2D eigenvalue weighted by Crippen LogP contribution is -2.28. The van der Waals surface area contributed by atoms with E-state index in [0.717, 1.165) is 11.0 Å². The van der Waals surface area contributed by atoms with E-state index in [4.69, 9.17) is 0 Å². The molecular formula is C18H11F9N6O2. The van der Waals surface area contributed by atoms with Crippen LogP contribution in [0.3, 0.4) is 0 Å². The van der Waals surface area contributed by atoms with E-state index < -0.39 is 53.1 Å². The van der Waals surface area contributed by atoms with Gasteiger partial charge in [-0.2, -0.15) is 31.0 Å². The Bertz CT molecular complexity index is 1170. The van der Waals surface area contributed by atoms with E-state index in [2.05, 4.69) is 30.1 Å². The third-order valence-electron chi connectivity index (χ3n) is 4.15. The lowest BCUT2D eigenvalue weighted by atomic mass is 10.0. The number of halogens is 9. The third kappa shape index (κ3) is 6.57. The molecule has 0 bridgehead atoms. The molecule has 0 fully saturated rings. The number of ether oxygens (including phenoxy) is 1. The Morgan fingerprint density at radius 3 is 1.94 bits per heavy atom. The van der Waals surface area contributed by atoms with Gasteiger partial charge in [0.15, 0.2) is 11.6 Å². The minimum Gasteiger partial charge on any atom is -0.402 e. The average molecular weight is 514 g/mol. The molecule has 1 atom stereocenters.